The van der Waals surface area contributed by atoms with Gasteiger partial charge in [-0.2, -0.15) is 0 Å². The van der Waals surface area contributed by atoms with Crippen molar-refractivity contribution < 1.29 is 38.0 Å². The summed E-state index contributed by atoms with van der Waals surface area (Å²) < 4.78 is 37.8. The van der Waals surface area contributed by atoms with E-state index in [2.05, 4.69) is 37.7 Å². The predicted octanol–water partition coefficient (Wildman–Crippen LogP) is 6.39. The van der Waals surface area contributed by atoms with Gasteiger partial charge in [-0.25, -0.2) is 9.59 Å². The Hall–Kier alpha value is -4.96. The highest BCUT2D eigenvalue weighted by Gasteiger charge is 2.46. The summed E-state index contributed by atoms with van der Waals surface area (Å²) in [6, 6.07) is 10.6. The summed E-state index contributed by atoms with van der Waals surface area (Å²) in [7, 11) is 3.59. The number of esters is 2. The van der Waals surface area contributed by atoms with E-state index in [4.69, 9.17) is 51.6 Å². The molecule has 17 heteroatoms. The zero-order valence-electron chi connectivity index (χ0n) is 37.9. The number of pyridine rings is 2. The summed E-state index contributed by atoms with van der Waals surface area (Å²) >= 11 is 13.5. The summed E-state index contributed by atoms with van der Waals surface area (Å²) in [6.07, 6.45) is 8.47. The lowest BCUT2D eigenvalue weighted by Gasteiger charge is -2.44. The third-order valence-electron chi connectivity index (χ3n) is 12.8. The summed E-state index contributed by atoms with van der Waals surface area (Å²) in [6.45, 7) is 12.7. The van der Waals surface area contributed by atoms with E-state index < -0.39 is 22.8 Å². The normalized spacial score (nSPS) is 18.3. The number of hydrogen-bond acceptors (Lipinski definition) is 12. The van der Waals surface area contributed by atoms with E-state index in [1.165, 1.54) is 12.1 Å². The fraction of sp³-hybridized carbons (Fsp3) is 0.500. The van der Waals surface area contributed by atoms with Gasteiger partial charge in [-0.3, -0.25) is 24.0 Å². The van der Waals surface area contributed by atoms with Gasteiger partial charge in [0.25, 0.3) is 0 Å². The Morgan fingerprint density at radius 1 is 0.692 bits per heavy atom. The Kier molecular flexibility index (Phi) is 13.7. The molecule has 6 heterocycles. The lowest BCUT2D eigenvalue weighted by atomic mass is 9.64. The quantitative estimate of drug-likeness (QED) is 0.0659. The maximum atomic E-state index is 13.4. The molecule has 0 N–H and O–H groups in total. The van der Waals surface area contributed by atoms with Crippen molar-refractivity contribution in [2.45, 2.75) is 103 Å². The van der Waals surface area contributed by atoms with Crippen molar-refractivity contribution in [1.82, 2.24) is 9.35 Å². The van der Waals surface area contributed by atoms with Crippen LogP contribution in [0.2, 0.25) is 10.0 Å². The minimum absolute atomic E-state index is 0.00854. The molecule has 4 aliphatic rings. The second-order valence-electron chi connectivity index (χ2n) is 18.2. The number of benzene rings is 2. The minimum atomic E-state index is -0.688. The molecule has 8 rings (SSSR count). The Morgan fingerprint density at radius 3 is 1.91 bits per heavy atom. The van der Waals surface area contributed by atoms with E-state index in [9.17, 15) is 19.2 Å². The van der Waals surface area contributed by atoms with E-state index in [0.717, 1.165) is 54.3 Å². The van der Waals surface area contributed by atoms with Crippen molar-refractivity contribution in [2.24, 2.45) is 0 Å². The van der Waals surface area contributed by atoms with E-state index in [1.54, 1.807) is 26.4 Å². The maximum absolute atomic E-state index is 13.4. The standard InChI is InChI=1S/C48H56BCl2N4O10/c1-7-62-45(58)32-27-52-39(25-40(32)56)29-21-35(50)42(22-30(29)37-11-13-47(2,3)54(37)52)64-19-9-16-61-17-10-20-65-46(59)33-28-53-44(26-41(33)57)49-34-24-36(51)43(63-18-8-15-60-6)23-31(34)38-12-14-48(4,5)55(38)53/h21-28,37-38H,7-20H2,1-6H3. The Morgan fingerprint density at radius 2 is 1.25 bits per heavy atom. The molecule has 0 spiro atoms. The molecule has 0 aliphatic carbocycles. The van der Waals surface area contributed by atoms with Crippen LogP contribution in [0, 0.1) is 0 Å². The fourth-order valence-electron chi connectivity index (χ4n) is 9.69. The third-order valence-corrected chi connectivity index (χ3v) is 13.4. The SMILES string of the molecule is CCOC(=O)c1cn2c(cc1=O)-c1cc(Cl)c(OCCCOCCCOC(=O)c3cn4c(cc3=O)[B]c3cc(Cl)c(OCCCOC)cc3C3CCC(C)(C)N34)cc1C1CCC(C)(C)N12. The number of rotatable bonds is 17. The van der Waals surface area contributed by atoms with Gasteiger partial charge in [0.15, 0.2) is 10.9 Å². The number of fused-ring (bicyclic) bond motifs is 11. The minimum Gasteiger partial charge on any atom is -0.492 e. The highest BCUT2D eigenvalue weighted by Crippen LogP contribution is 2.50. The molecule has 2 aromatic heterocycles. The molecule has 65 heavy (non-hydrogen) atoms. The van der Waals surface area contributed by atoms with E-state index in [1.807, 2.05) is 40.9 Å². The molecule has 2 atom stereocenters. The van der Waals surface area contributed by atoms with Crippen LogP contribution < -0.4 is 41.4 Å². The average Bonchev–Trinajstić information content (AvgIpc) is 3.71. The zero-order valence-corrected chi connectivity index (χ0v) is 39.4. The molecule has 14 nitrogen and oxygen atoms in total. The molecule has 4 aliphatic heterocycles. The number of ether oxygens (including phenoxy) is 6. The van der Waals surface area contributed by atoms with Gasteiger partial charge in [0.05, 0.1) is 65.3 Å². The molecule has 1 radical (unpaired) electrons. The number of hydrogen-bond donors (Lipinski definition) is 0. The first kappa shape index (κ1) is 46.6. The number of nitrogens with zero attached hydrogens (tertiary/aromatic N) is 4. The molecular formula is C48H56BCl2N4O10. The van der Waals surface area contributed by atoms with Gasteiger partial charge in [-0.05, 0) is 102 Å². The fourth-order valence-corrected chi connectivity index (χ4v) is 10.1. The van der Waals surface area contributed by atoms with Crippen molar-refractivity contribution in [3.8, 4) is 22.8 Å². The van der Waals surface area contributed by atoms with E-state index >= 15 is 0 Å². The number of carbonyl (C=O) groups excluding carboxylic acids is 2. The zero-order chi connectivity index (χ0) is 46.2. The van der Waals surface area contributed by atoms with Crippen LogP contribution >= 0.6 is 23.2 Å². The van der Waals surface area contributed by atoms with Crippen molar-refractivity contribution in [3.63, 3.8) is 0 Å². The van der Waals surface area contributed by atoms with Crippen molar-refractivity contribution in [1.29, 1.82) is 0 Å². The second-order valence-corrected chi connectivity index (χ2v) is 19.0. The second kappa shape index (κ2) is 19.1. The van der Waals surface area contributed by atoms with Crippen molar-refractivity contribution in [2.75, 3.05) is 63.4 Å². The van der Waals surface area contributed by atoms with Gasteiger partial charge < -0.3 is 33.4 Å². The molecule has 2 saturated heterocycles. The molecule has 345 valence electrons. The number of halogens is 2. The van der Waals surface area contributed by atoms with Crippen LogP contribution in [0.25, 0.3) is 11.3 Å². The maximum Gasteiger partial charge on any atom is 0.343 e. The van der Waals surface area contributed by atoms with Crippen molar-refractivity contribution >= 4 is 53.5 Å². The third kappa shape index (κ3) is 9.26. The van der Waals surface area contributed by atoms with Crippen LogP contribution in [0.4, 0.5) is 0 Å². The Labute approximate surface area is 389 Å². The highest BCUT2D eigenvalue weighted by molar-refractivity contribution is 6.67. The summed E-state index contributed by atoms with van der Waals surface area (Å²) in [5.41, 5.74) is 3.62. The summed E-state index contributed by atoms with van der Waals surface area (Å²) in [4.78, 5) is 52.6. The van der Waals surface area contributed by atoms with Gasteiger partial charge in [0.2, 0.25) is 7.28 Å². The first-order valence-electron chi connectivity index (χ1n) is 22.4. The summed E-state index contributed by atoms with van der Waals surface area (Å²) in [5.74, 6) is -0.189. The van der Waals surface area contributed by atoms with E-state index in [0.29, 0.717) is 78.7 Å². The lowest BCUT2D eigenvalue weighted by molar-refractivity contribution is 0.0436. The Balaban J connectivity index is 0.848. The van der Waals surface area contributed by atoms with Crippen molar-refractivity contribution in [3.05, 3.63) is 102 Å². The summed E-state index contributed by atoms with van der Waals surface area (Å²) in [5, 5.41) is 5.35. The molecule has 2 fully saturated rings. The van der Waals surface area contributed by atoms with Gasteiger partial charge in [0.1, 0.15) is 22.6 Å². The van der Waals surface area contributed by atoms with Gasteiger partial charge in [0, 0.05) is 75.8 Å². The first-order chi connectivity index (χ1) is 31.1. The lowest BCUT2D eigenvalue weighted by Crippen LogP contribution is -2.52. The van der Waals surface area contributed by atoms with Crippen LogP contribution in [0.3, 0.4) is 0 Å². The van der Waals surface area contributed by atoms with E-state index in [-0.39, 0.29) is 47.5 Å². The van der Waals surface area contributed by atoms with Crippen LogP contribution in [0.15, 0.2) is 58.4 Å². The molecule has 0 saturated carbocycles. The largest absolute Gasteiger partial charge is 0.492 e. The topological polar surface area (TPSA) is 140 Å². The Bertz CT molecular complexity index is 2600. The molecule has 2 aromatic carbocycles. The number of methoxy groups -OCH3 is 1. The molecule has 0 bridgehead atoms. The van der Waals surface area contributed by atoms with Crippen LogP contribution in [-0.2, 0) is 18.9 Å². The number of aromatic nitrogens is 2. The molecule has 4 aromatic rings. The van der Waals surface area contributed by atoms with Gasteiger partial charge in [-0.1, -0.05) is 28.7 Å². The molecule has 0 amide bonds. The van der Waals surface area contributed by atoms with Crippen LogP contribution in [-0.4, -0.2) is 93.0 Å². The van der Waals surface area contributed by atoms with Crippen LogP contribution in [0.1, 0.15) is 123 Å². The number of carbonyl (C=O) groups is 2. The van der Waals surface area contributed by atoms with Gasteiger partial charge in [-0.15, -0.1) is 0 Å². The molecular weight excluding hydrogens is 874 g/mol. The monoisotopic (exact) mass is 929 g/mol. The first-order valence-corrected chi connectivity index (χ1v) is 23.2. The molecule has 2 unspecified atom stereocenters. The van der Waals surface area contributed by atoms with Crippen LogP contribution in [0.5, 0.6) is 11.5 Å². The smallest absolute Gasteiger partial charge is 0.343 e. The average molecular weight is 931 g/mol. The highest BCUT2D eigenvalue weighted by atomic mass is 35.5. The predicted molar refractivity (Wildman–Crippen MR) is 251 cm³/mol. The van der Waals surface area contributed by atoms with Gasteiger partial charge >= 0.3 is 11.9 Å².